The molecule has 1 amide bonds. The molecule has 0 aliphatic rings. The van der Waals surface area contributed by atoms with E-state index in [0.29, 0.717) is 17.5 Å². The lowest BCUT2D eigenvalue weighted by Gasteiger charge is -2.05. The number of carbonyl (C=O) groups is 1. The molecule has 0 fully saturated rings. The molecule has 0 saturated heterocycles. The van der Waals surface area contributed by atoms with Crippen LogP contribution in [0.4, 0.5) is 9.52 Å². The van der Waals surface area contributed by atoms with E-state index in [1.807, 2.05) is 25.1 Å². The molecule has 1 aromatic heterocycles. The zero-order valence-electron chi connectivity index (χ0n) is 13.1. The number of fused-ring (bicyclic) bond motifs is 1. The van der Waals surface area contributed by atoms with Gasteiger partial charge in [-0.2, -0.15) is 0 Å². The van der Waals surface area contributed by atoms with Crippen LogP contribution in [0.25, 0.3) is 10.2 Å². The molecule has 2 aromatic carbocycles. The number of rotatable bonds is 5. The first-order valence-corrected chi connectivity index (χ1v) is 8.10. The number of hydrogen-bond acceptors (Lipinski definition) is 5. The van der Waals surface area contributed by atoms with Crippen LogP contribution >= 0.6 is 11.3 Å². The Morgan fingerprint density at radius 2 is 2.04 bits per heavy atom. The van der Waals surface area contributed by atoms with E-state index in [2.05, 4.69) is 10.3 Å². The summed E-state index contributed by atoms with van der Waals surface area (Å²) in [6, 6.07) is 9.58. The fourth-order valence-corrected chi connectivity index (χ4v) is 3.08. The van der Waals surface area contributed by atoms with Gasteiger partial charge in [0.15, 0.2) is 5.13 Å². The van der Waals surface area contributed by atoms with Gasteiger partial charge in [-0.3, -0.25) is 10.1 Å². The molecule has 0 saturated carbocycles. The van der Waals surface area contributed by atoms with Gasteiger partial charge < -0.3 is 9.47 Å². The number of benzene rings is 2. The Hall–Kier alpha value is -2.67. The van der Waals surface area contributed by atoms with Gasteiger partial charge >= 0.3 is 0 Å². The molecule has 0 atom stereocenters. The van der Waals surface area contributed by atoms with Crippen LogP contribution in [-0.2, 0) is 0 Å². The van der Waals surface area contributed by atoms with Crippen LogP contribution in [0.2, 0.25) is 0 Å². The molecule has 3 aromatic rings. The SMILES string of the molecule is CCOc1ccc2nc(NC(=O)c3ccc(OC)cc3F)sc2c1. The van der Waals surface area contributed by atoms with Crippen molar-refractivity contribution in [3.8, 4) is 11.5 Å². The van der Waals surface area contributed by atoms with Crippen molar-refractivity contribution < 1.29 is 18.7 Å². The standard InChI is InChI=1S/C17H15FN2O3S/c1-3-23-11-5-7-14-15(9-11)24-17(19-14)20-16(21)12-6-4-10(22-2)8-13(12)18/h4-9H,3H2,1-2H3,(H,19,20,21). The number of methoxy groups -OCH3 is 1. The molecule has 0 aliphatic carbocycles. The maximum absolute atomic E-state index is 14.0. The lowest BCUT2D eigenvalue weighted by Crippen LogP contribution is -2.13. The highest BCUT2D eigenvalue weighted by atomic mass is 32.1. The molecule has 1 heterocycles. The zero-order chi connectivity index (χ0) is 17.1. The molecular weight excluding hydrogens is 331 g/mol. The molecule has 7 heteroatoms. The molecule has 0 aliphatic heterocycles. The van der Waals surface area contributed by atoms with Crippen molar-refractivity contribution in [2.75, 3.05) is 19.0 Å². The van der Waals surface area contributed by atoms with Crippen LogP contribution in [0.3, 0.4) is 0 Å². The first-order valence-electron chi connectivity index (χ1n) is 7.29. The van der Waals surface area contributed by atoms with Gasteiger partial charge in [0.1, 0.15) is 17.3 Å². The number of hydrogen-bond donors (Lipinski definition) is 1. The normalized spacial score (nSPS) is 10.6. The van der Waals surface area contributed by atoms with Crippen LogP contribution in [0, 0.1) is 5.82 Å². The van der Waals surface area contributed by atoms with Gasteiger partial charge in [-0.05, 0) is 37.3 Å². The lowest BCUT2D eigenvalue weighted by atomic mass is 10.2. The van der Waals surface area contributed by atoms with Crippen molar-refractivity contribution in [3.05, 3.63) is 47.8 Å². The second kappa shape index (κ2) is 6.84. The van der Waals surface area contributed by atoms with Crippen molar-refractivity contribution in [1.29, 1.82) is 0 Å². The zero-order valence-corrected chi connectivity index (χ0v) is 13.9. The lowest BCUT2D eigenvalue weighted by molar-refractivity contribution is 0.102. The van der Waals surface area contributed by atoms with Crippen LogP contribution in [0.15, 0.2) is 36.4 Å². The predicted molar refractivity (Wildman–Crippen MR) is 91.7 cm³/mol. The average molecular weight is 346 g/mol. The molecule has 5 nitrogen and oxygen atoms in total. The summed E-state index contributed by atoms with van der Waals surface area (Å²) in [5.74, 6) is -0.106. The molecule has 24 heavy (non-hydrogen) atoms. The van der Waals surface area contributed by atoms with Gasteiger partial charge in [0.25, 0.3) is 5.91 Å². The maximum atomic E-state index is 14.0. The largest absolute Gasteiger partial charge is 0.497 e. The Labute approximate surface area is 142 Å². The minimum Gasteiger partial charge on any atom is -0.497 e. The van der Waals surface area contributed by atoms with Crippen molar-refractivity contribution in [3.63, 3.8) is 0 Å². The van der Waals surface area contributed by atoms with Crippen LogP contribution in [-0.4, -0.2) is 24.6 Å². The smallest absolute Gasteiger partial charge is 0.260 e. The molecule has 3 rings (SSSR count). The first kappa shape index (κ1) is 16.2. The summed E-state index contributed by atoms with van der Waals surface area (Å²) in [6.07, 6.45) is 0. The molecule has 1 N–H and O–H groups in total. The number of anilines is 1. The number of halogens is 1. The van der Waals surface area contributed by atoms with E-state index in [1.165, 1.54) is 36.6 Å². The van der Waals surface area contributed by atoms with Gasteiger partial charge in [0, 0.05) is 6.07 Å². The number of thiazole rings is 1. The van der Waals surface area contributed by atoms with Crippen molar-refractivity contribution in [2.45, 2.75) is 6.92 Å². The minimum atomic E-state index is -0.647. The highest BCUT2D eigenvalue weighted by Gasteiger charge is 2.15. The molecule has 0 unspecified atom stereocenters. The van der Waals surface area contributed by atoms with E-state index in [-0.39, 0.29) is 5.56 Å². The molecular formula is C17H15FN2O3S. The molecule has 0 radical (unpaired) electrons. The van der Waals surface area contributed by atoms with Gasteiger partial charge in [-0.1, -0.05) is 11.3 Å². The molecule has 0 bridgehead atoms. The number of nitrogens with zero attached hydrogens (tertiary/aromatic N) is 1. The number of ether oxygens (including phenoxy) is 2. The average Bonchev–Trinajstić information content (AvgIpc) is 2.96. The third-order valence-electron chi connectivity index (χ3n) is 3.31. The first-order chi connectivity index (χ1) is 11.6. The maximum Gasteiger partial charge on any atom is 0.260 e. The van der Waals surface area contributed by atoms with Crippen LogP contribution < -0.4 is 14.8 Å². The Bertz CT molecular complexity index is 895. The van der Waals surface area contributed by atoms with Crippen LogP contribution in [0.1, 0.15) is 17.3 Å². The molecule has 124 valence electrons. The van der Waals surface area contributed by atoms with E-state index in [4.69, 9.17) is 9.47 Å². The summed E-state index contributed by atoms with van der Waals surface area (Å²) in [4.78, 5) is 16.6. The van der Waals surface area contributed by atoms with E-state index < -0.39 is 11.7 Å². The van der Waals surface area contributed by atoms with Crippen molar-refractivity contribution in [2.24, 2.45) is 0 Å². The summed E-state index contributed by atoms with van der Waals surface area (Å²) in [7, 11) is 1.44. The quantitative estimate of drug-likeness (QED) is 0.756. The highest BCUT2D eigenvalue weighted by Crippen LogP contribution is 2.29. The van der Waals surface area contributed by atoms with E-state index in [1.54, 1.807) is 0 Å². The Kier molecular flexibility index (Phi) is 4.61. The van der Waals surface area contributed by atoms with Gasteiger partial charge in [0.05, 0.1) is 29.5 Å². The number of nitrogens with one attached hydrogen (secondary N) is 1. The monoisotopic (exact) mass is 346 g/mol. The second-order valence-corrected chi connectivity index (χ2v) is 5.91. The third kappa shape index (κ3) is 3.30. The Morgan fingerprint density at radius 1 is 1.25 bits per heavy atom. The number of amides is 1. The Balaban J connectivity index is 1.82. The summed E-state index contributed by atoms with van der Waals surface area (Å²) in [6.45, 7) is 2.48. The van der Waals surface area contributed by atoms with Crippen LogP contribution in [0.5, 0.6) is 11.5 Å². The minimum absolute atomic E-state index is 0.0648. The van der Waals surface area contributed by atoms with Gasteiger partial charge in [-0.25, -0.2) is 9.37 Å². The summed E-state index contributed by atoms with van der Waals surface area (Å²) in [5.41, 5.74) is 0.680. The van der Waals surface area contributed by atoms with Crippen molar-refractivity contribution >= 4 is 32.6 Å². The van der Waals surface area contributed by atoms with E-state index in [9.17, 15) is 9.18 Å². The van der Waals surface area contributed by atoms with E-state index >= 15 is 0 Å². The van der Waals surface area contributed by atoms with E-state index in [0.717, 1.165) is 16.0 Å². The highest BCUT2D eigenvalue weighted by molar-refractivity contribution is 7.22. The molecule has 0 spiro atoms. The number of aromatic nitrogens is 1. The fourth-order valence-electron chi connectivity index (χ4n) is 2.19. The number of carbonyl (C=O) groups excluding carboxylic acids is 1. The van der Waals surface area contributed by atoms with Crippen molar-refractivity contribution in [1.82, 2.24) is 4.98 Å². The summed E-state index contributed by atoms with van der Waals surface area (Å²) < 4.78 is 25.2. The fraction of sp³-hybridized carbons (Fsp3) is 0.176. The summed E-state index contributed by atoms with van der Waals surface area (Å²) in [5, 5.41) is 3.03. The second-order valence-electron chi connectivity index (χ2n) is 4.88. The predicted octanol–water partition coefficient (Wildman–Crippen LogP) is 4.10. The topological polar surface area (TPSA) is 60.5 Å². The third-order valence-corrected chi connectivity index (χ3v) is 4.25. The van der Waals surface area contributed by atoms with Gasteiger partial charge in [0.2, 0.25) is 0 Å². The van der Waals surface area contributed by atoms with Gasteiger partial charge in [-0.15, -0.1) is 0 Å². The summed E-state index contributed by atoms with van der Waals surface area (Å²) >= 11 is 1.30. The Morgan fingerprint density at radius 3 is 2.75 bits per heavy atom.